The quantitative estimate of drug-likeness (QED) is 0.0222. The molecule has 0 aromatic carbocycles. The summed E-state index contributed by atoms with van der Waals surface area (Å²) in [6, 6.07) is 0. The number of carbonyl (C=O) groups is 4. The van der Waals surface area contributed by atoms with Crippen LogP contribution in [0.3, 0.4) is 0 Å². The molecule has 0 saturated heterocycles. The van der Waals surface area contributed by atoms with Crippen LogP contribution in [0.25, 0.3) is 0 Å². The molecule has 0 rings (SSSR count). The molecular formula is C71H138O17P2. The maximum absolute atomic E-state index is 13.0. The molecule has 0 aromatic heterocycles. The number of unbranched alkanes of at least 4 members (excludes halogenated alkanes) is 36. The molecule has 0 fully saturated rings. The Labute approximate surface area is 549 Å². The van der Waals surface area contributed by atoms with Crippen LogP contribution in [0.5, 0.6) is 0 Å². The Morgan fingerprint density at radius 2 is 0.567 bits per heavy atom. The van der Waals surface area contributed by atoms with Gasteiger partial charge in [-0.05, 0) is 43.4 Å². The molecule has 0 aliphatic heterocycles. The van der Waals surface area contributed by atoms with Gasteiger partial charge in [-0.25, -0.2) is 9.13 Å². The van der Waals surface area contributed by atoms with E-state index in [-0.39, 0.29) is 25.7 Å². The Morgan fingerprint density at radius 1 is 0.322 bits per heavy atom. The highest BCUT2D eigenvalue weighted by molar-refractivity contribution is 7.47. The number of carbonyl (C=O) groups excluding carboxylic acids is 4. The largest absolute Gasteiger partial charge is 0.472 e. The van der Waals surface area contributed by atoms with Crippen LogP contribution < -0.4 is 0 Å². The van der Waals surface area contributed by atoms with Crippen LogP contribution in [-0.2, 0) is 65.4 Å². The number of aliphatic hydroxyl groups is 1. The van der Waals surface area contributed by atoms with E-state index in [2.05, 4.69) is 48.5 Å². The Morgan fingerprint density at radius 3 is 0.844 bits per heavy atom. The van der Waals surface area contributed by atoms with E-state index < -0.39 is 97.5 Å². The number of phosphoric ester groups is 2. The van der Waals surface area contributed by atoms with Gasteiger partial charge in [0.1, 0.15) is 19.3 Å². The summed E-state index contributed by atoms with van der Waals surface area (Å²) < 4.78 is 68.2. The van der Waals surface area contributed by atoms with Crippen LogP contribution >= 0.6 is 15.6 Å². The number of esters is 4. The summed E-state index contributed by atoms with van der Waals surface area (Å²) in [7, 11) is -9.90. The summed E-state index contributed by atoms with van der Waals surface area (Å²) in [5.41, 5.74) is 0. The molecule has 90 heavy (non-hydrogen) atoms. The summed E-state index contributed by atoms with van der Waals surface area (Å²) in [5, 5.41) is 10.6. The normalized spacial score (nSPS) is 14.5. The monoisotopic (exact) mass is 1320 g/mol. The molecule has 17 nitrogen and oxygen atoms in total. The molecule has 0 amide bonds. The second kappa shape index (κ2) is 61.9. The molecule has 3 N–H and O–H groups in total. The van der Waals surface area contributed by atoms with E-state index in [4.69, 9.17) is 37.0 Å². The minimum absolute atomic E-state index is 0.105. The van der Waals surface area contributed by atoms with Gasteiger partial charge in [0.15, 0.2) is 12.2 Å². The van der Waals surface area contributed by atoms with Gasteiger partial charge in [-0.15, -0.1) is 0 Å². The van der Waals surface area contributed by atoms with E-state index in [1.807, 2.05) is 0 Å². The zero-order valence-electron chi connectivity index (χ0n) is 58.6. The Kier molecular flexibility index (Phi) is 60.6. The molecule has 3 unspecified atom stereocenters. The first kappa shape index (κ1) is 88.1. The maximum Gasteiger partial charge on any atom is 0.472 e. The number of aliphatic hydroxyl groups excluding tert-OH is 1. The van der Waals surface area contributed by atoms with Crippen molar-refractivity contribution in [2.24, 2.45) is 17.8 Å². The van der Waals surface area contributed by atoms with E-state index in [1.165, 1.54) is 161 Å². The van der Waals surface area contributed by atoms with Crippen LogP contribution in [0.15, 0.2) is 0 Å². The fourth-order valence-corrected chi connectivity index (χ4v) is 12.3. The van der Waals surface area contributed by atoms with Crippen LogP contribution in [0, 0.1) is 17.8 Å². The van der Waals surface area contributed by atoms with Crippen molar-refractivity contribution in [1.82, 2.24) is 0 Å². The first-order chi connectivity index (χ1) is 43.3. The predicted molar refractivity (Wildman–Crippen MR) is 363 cm³/mol. The van der Waals surface area contributed by atoms with Crippen LogP contribution in [0.2, 0.25) is 0 Å². The lowest BCUT2D eigenvalue weighted by Crippen LogP contribution is -2.30. The van der Waals surface area contributed by atoms with E-state index in [1.54, 1.807) is 0 Å². The number of rotatable bonds is 69. The van der Waals surface area contributed by atoms with Gasteiger partial charge in [0, 0.05) is 25.7 Å². The van der Waals surface area contributed by atoms with Crippen molar-refractivity contribution >= 4 is 39.5 Å². The SMILES string of the molecule is CCCCCCCCCCCCC(=O)O[C@H](COC(=O)CCCCCCCCC(C)C)COP(=O)(O)OC[C@H](O)COP(=O)(O)OC[C@@H](COC(=O)CCCCCCCCCCC(C)CC)OC(=O)CCCCCCCCCCCCCCCCCCC(C)C. The van der Waals surface area contributed by atoms with E-state index in [9.17, 15) is 43.2 Å². The lowest BCUT2D eigenvalue weighted by Gasteiger charge is -2.21. The molecule has 0 bridgehead atoms. The van der Waals surface area contributed by atoms with Gasteiger partial charge in [0.2, 0.25) is 0 Å². The zero-order valence-corrected chi connectivity index (χ0v) is 60.4. The molecule has 6 atom stereocenters. The zero-order chi connectivity index (χ0) is 66.6. The van der Waals surface area contributed by atoms with Crippen molar-refractivity contribution in [2.45, 2.75) is 375 Å². The second-order valence-corrected chi connectivity index (χ2v) is 29.7. The van der Waals surface area contributed by atoms with E-state index >= 15 is 0 Å². The molecule has 0 spiro atoms. The average Bonchev–Trinajstić information content (AvgIpc) is 3.44. The molecule has 0 aliphatic rings. The first-order valence-corrected chi connectivity index (χ1v) is 39.9. The molecular weight excluding hydrogens is 1190 g/mol. The minimum atomic E-state index is -4.95. The molecule has 0 heterocycles. The average molecular weight is 1330 g/mol. The highest BCUT2D eigenvalue weighted by Gasteiger charge is 2.30. The van der Waals surface area contributed by atoms with Crippen LogP contribution in [0.1, 0.15) is 357 Å². The molecule has 19 heteroatoms. The molecule has 0 aliphatic carbocycles. The predicted octanol–water partition coefficient (Wildman–Crippen LogP) is 20.2. The standard InChI is InChI=1S/C71H138O17P2/c1-8-10-11-12-13-14-24-31-40-47-54-70(75)88-67(59-82-69(74)53-46-39-34-33-36-43-50-63(5)6)61-86-90(79,80)84-57-65(72)56-83-89(77,78)85-60-66(58-81-68(73)52-45-38-30-27-26-29-37-44-51-64(7)9-2)87-71(76)55-48-41-32-25-22-20-18-16-15-17-19-21-23-28-35-42-49-62(3)4/h62-67,72H,8-61H2,1-7H3,(H,77,78)(H,79,80)/t64?,65-,66-,67-/m1/s1. The van der Waals surface area contributed by atoms with Crippen molar-refractivity contribution in [3.63, 3.8) is 0 Å². The summed E-state index contributed by atoms with van der Waals surface area (Å²) >= 11 is 0. The topological polar surface area (TPSA) is 237 Å². The molecule has 0 aromatic rings. The van der Waals surface area contributed by atoms with Gasteiger partial charge < -0.3 is 33.8 Å². The minimum Gasteiger partial charge on any atom is -0.462 e. The summed E-state index contributed by atoms with van der Waals surface area (Å²) in [6.07, 6.45) is 45.9. The Hall–Kier alpha value is -1.94. The number of phosphoric acid groups is 2. The smallest absolute Gasteiger partial charge is 0.462 e. The highest BCUT2D eigenvalue weighted by atomic mass is 31.2. The Balaban J connectivity index is 5.20. The maximum atomic E-state index is 13.0. The van der Waals surface area contributed by atoms with E-state index in [0.29, 0.717) is 31.6 Å². The van der Waals surface area contributed by atoms with Crippen molar-refractivity contribution < 1.29 is 80.2 Å². The summed E-state index contributed by atoms with van der Waals surface area (Å²) in [6.45, 7) is 11.8. The fraction of sp³-hybridized carbons (Fsp3) is 0.944. The number of ether oxygens (including phenoxy) is 4. The Bertz CT molecular complexity index is 1770. The second-order valence-electron chi connectivity index (χ2n) is 26.8. The number of hydrogen-bond acceptors (Lipinski definition) is 15. The van der Waals surface area contributed by atoms with Gasteiger partial charge in [-0.2, -0.15) is 0 Å². The molecule has 534 valence electrons. The lowest BCUT2D eigenvalue weighted by molar-refractivity contribution is -0.161. The number of hydrogen-bond donors (Lipinski definition) is 3. The van der Waals surface area contributed by atoms with Gasteiger partial charge in [-0.3, -0.25) is 37.3 Å². The van der Waals surface area contributed by atoms with Crippen LogP contribution in [0.4, 0.5) is 0 Å². The van der Waals surface area contributed by atoms with Crippen molar-refractivity contribution in [2.75, 3.05) is 39.6 Å². The molecule has 0 saturated carbocycles. The van der Waals surface area contributed by atoms with Crippen molar-refractivity contribution in [1.29, 1.82) is 0 Å². The first-order valence-electron chi connectivity index (χ1n) is 36.9. The van der Waals surface area contributed by atoms with Gasteiger partial charge in [0.25, 0.3) is 0 Å². The summed E-state index contributed by atoms with van der Waals surface area (Å²) in [4.78, 5) is 72.5. The van der Waals surface area contributed by atoms with Gasteiger partial charge in [0.05, 0.1) is 26.4 Å². The third-order valence-corrected chi connectivity index (χ3v) is 18.6. The fourth-order valence-electron chi connectivity index (χ4n) is 10.7. The summed E-state index contributed by atoms with van der Waals surface area (Å²) in [5.74, 6) is 0.139. The van der Waals surface area contributed by atoms with Gasteiger partial charge >= 0.3 is 39.5 Å². The third kappa shape index (κ3) is 63.5. The van der Waals surface area contributed by atoms with Crippen molar-refractivity contribution in [3.8, 4) is 0 Å². The van der Waals surface area contributed by atoms with E-state index in [0.717, 1.165) is 108 Å². The third-order valence-electron chi connectivity index (χ3n) is 16.7. The lowest BCUT2D eigenvalue weighted by atomic mass is 9.99. The molecule has 0 radical (unpaired) electrons. The van der Waals surface area contributed by atoms with Gasteiger partial charge in [-0.1, -0.05) is 305 Å². The highest BCUT2D eigenvalue weighted by Crippen LogP contribution is 2.45. The van der Waals surface area contributed by atoms with Crippen molar-refractivity contribution in [3.05, 3.63) is 0 Å². The van der Waals surface area contributed by atoms with Crippen LogP contribution in [-0.4, -0.2) is 96.7 Å².